The smallest absolute Gasteiger partial charge is 0.244 e. The average Bonchev–Trinajstić information content (AvgIpc) is 3.38. The Morgan fingerprint density at radius 3 is 2.22 bits per heavy atom. The van der Waals surface area contributed by atoms with Crippen LogP contribution in [0.25, 0.3) is 0 Å². The Hall–Kier alpha value is -2.81. The highest BCUT2D eigenvalue weighted by Crippen LogP contribution is 2.27. The largest absolute Gasteiger partial charge is 0.395 e. The number of nitrogens with one attached hydrogen (secondary N) is 5. The second-order valence-electron chi connectivity index (χ2n) is 14.5. The van der Waals surface area contributed by atoms with Crippen LogP contribution in [0.2, 0.25) is 0 Å². The summed E-state index contributed by atoms with van der Waals surface area (Å²) in [6.45, 7) is 8.04. The fourth-order valence-corrected chi connectivity index (χ4v) is 6.87. The lowest BCUT2D eigenvalue weighted by Gasteiger charge is -2.35. The number of hydrogen-bond acceptors (Lipinski definition) is 9. The van der Waals surface area contributed by atoms with Gasteiger partial charge in [-0.15, -0.1) is 0 Å². The van der Waals surface area contributed by atoms with Crippen LogP contribution in [0.1, 0.15) is 105 Å². The molecule has 5 amide bonds. The number of rotatable bonds is 13. The van der Waals surface area contributed by atoms with Crippen LogP contribution < -0.4 is 32.3 Å². The molecule has 0 unspecified atom stereocenters. The Kier molecular flexibility index (Phi) is 20.5. The zero-order chi connectivity index (χ0) is 37.1. The Labute approximate surface area is 299 Å². The molecule has 288 valence electrons. The summed E-state index contributed by atoms with van der Waals surface area (Å²) in [6.07, 6.45) is 9.95. The van der Waals surface area contributed by atoms with Crippen molar-refractivity contribution < 1.29 is 33.8 Å². The van der Waals surface area contributed by atoms with Gasteiger partial charge >= 0.3 is 0 Å². The summed E-state index contributed by atoms with van der Waals surface area (Å²) in [5, 5.41) is 23.5. The zero-order valence-corrected chi connectivity index (χ0v) is 31.3. The molecule has 0 radical (unpaired) electrons. The Morgan fingerprint density at radius 2 is 1.60 bits per heavy atom. The molecule has 14 nitrogen and oxygen atoms in total. The SMILES string of the molecule is CCCCCC[C@H]1OCCNC(=O)[C@H](CNCCO)NC(=O)[C@H](CN)NC(=O)[C@H](C2CCCCCC2)NC(=O)[C@H](CC(C)C)N(C)C(=O)[C@@H]1C. The Bertz CT molecular complexity index is 1050. The molecular formula is C36H67N7O7. The molecular weight excluding hydrogens is 642 g/mol. The molecule has 2 aliphatic rings. The number of likely N-dealkylation sites (N-methyl/N-ethyl adjacent to an activating group) is 1. The van der Waals surface area contributed by atoms with Crippen molar-refractivity contribution in [1.82, 2.24) is 31.5 Å². The van der Waals surface area contributed by atoms with Gasteiger partial charge in [-0.05, 0) is 37.5 Å². The van der Waals surface area contributed by atoms with E-state index in [2.05, 4.69) is 33.5 Å². The maximum Gasteiger partial charge on any atom is 0.244 e. The highest BCUT2D eigenvalue weighted by molar-refractivity contribution is 5.96. The fraction of sp³-hybridized carbons (Fsp3) is 0.861. The Morgan fingerprint density at radius 1 is 0.920 bits per heavy atom. The molecule has 0 spiro atoms. The number of aliphatic hydroxyl groups is 1. The molecule has 0 aromatic rings. The summed E-state index contributed by atoms with van der Waals surface area (Å²) >= 11 is 0. The molecule has 6 atom stereocenters. The van der Waals surface area contributed by atoms with Crippen LogP contribution in [-0.2, 0) is 28.7 Å². The van der Waals surface area contributed by atoms with Gasteiger partial charge in [0, 0.05) is 33.2 Å². The number of hydrogen-bond donors (Lipinski definition) is 7. The van der Waals surface area contributed by atoms with Crippen molar-refractivity contribution in [2.45, 2.75) is 135 Å². The van der Waals surface area contributed by atoms with Crippen molar-refractivity contribution in [3.63, 3.8) is 0 Å². The molecule has 1 aliphatic carbocycles. The van der Waals surface area contributed by atoms with Crippen molar-refractivity contribution in [2.75, 3.05) is 46.4 Å². The van der Waals surface area contributed by atoms with Gasteiger partial charge in [0.1, 0.15) is 24.2 Å². The molecule has 1 saturated carbocycles. The first-order valence-electron chi connectivity index (χ1n) is 19.0. The molecule has 0 bridgehead atoms. The number of nitrogens with two attached hydrogens (primary N) is 1. The third kappa shape index (κ3) is 14.4. The number of carbonyl (C=O) groups is 5. The third-order valence-electron chi connectivity index (χ3n) is 9.93. The minimum atomic E-state index is -1.17. The van der Waals surface area contributed by atoms with E-state index >= 15 is 0 Å². The monoisotopic (exact) mass is 710 g/mol. The van der Waals surface area contributed by atoms with E-state index < -0.39 is 59.8 Å². The van der Waals surface area contributed by atoms with Crippen LogP contribution in [0.4, 0.5) is 0 Å². The van der Waals surface area contributed by atoms with E-state index in [0.29, 0.717) is 12.8 Å². The van der Waals surface area contributed by atoms with E-state index in [1.54, 1.807) is 7.05 Å². The number of ether oxygens (including phenoxy) is 1. The van der Waals surface area contributed by atoms with E-state index in [4.69, 9.17) is 10.5 Å². The predicted molar refractivity (Wildman–Crippen MR) is 193 cm³/mol. The van der Waals surface area contributed by atoms with E-state index in [1.165, 1.54) is 4.90 Å². The van der Waals surface area contributed by atoms with Crippen LogP contribution in [0.3, 0.4) is 0 Å². The molecule has 8 N–H and O–H groups in total. The van der Waals surface area contributed by atoms with Gasteiger partial charge < -0.3 is 47.1 Å². The number of carbonyl (C=O) groups excluding carboxylic acids is 5. The summed E-state index contributed by atoms with van der Waals surface area (Å²) < 4.78 is 6.25. The standard InChI is InChI=1S/C36H67N7O7/c1-6-7-8-13-16-30-25(4)36(49)43(5)29(21-24(2)3)34(47)42-31(26-14-11-9-10-12-15-26)35(48)40-27(22-37)33(46)41-28(23-38-17-19-44)32(45)39-18-20-50-30/h24-31,38,44H,6-23,37H2,1-5H3,(H,39,45)(H,40,48)(H,41,46)(H,42,47)/t25-,27+,28+,29+,30-,31+/m1/s1. The summed E-state index contributed by atoms with van der Waals surface area (Å²) in [4.78, 5) is 70.6. The molecule has 50 heavy (non-hydrogen) atoms. The van der Waals surface area contributed by atoms with Crippen molar-refractivity contribution in [1.29, 1.82) is 0 Å². The molecule has 1 saturated heterocycles. The van der Waals surface area contributed by atoms with Crippen molar-refractivity contribution in [3.8, 4) is 0 Å². The molecule has 2 rings (SSSR count). The van der Waals surface area contributed by atoms with Gasteiger partial charge in [-0.2, -0.15) is 0 Å². The van der Waals surface area contributed by atoms with Gasteiger partial charge in [0.05, 0.1) is 25.2 Å². The second-order valence-corrected chi connectivity index (χ2v) is 14.5. The van der Waals surface area contributed by atoms with E-state index in [9.17, 15) is 29.1 Å². The van der Waals surface area contributed by atoms with Gasteiger partial charge in [0.15, 0.2) is 0 Å². The first-order chi connectivity index (χ1) is 23.9. The quantitative estimate of drug-likeness (QED) is 0.107. The lowest BCUT2D eigenvalue weighted by Crippen LogP contribution is -2.62. The summed E-state index contributed by atoms with van der Waals surface area (Å²) in [7, 11) is 1.64. The summed E-state index contributed by atoms with van der Waals surface area (Å²) in [5.74, 6) is -2.94. The normalized spacial score (nSPS) is 27.8. The maximum absolute atomic E-state index is 14.2. The van der Waals surface area contributed by atoms with E-state index in [-0.39, 0.29) is 57.1 Å². The molecule has 0 aromatic heterocycles. The van der Waals surface area contributed by atoms with Crippen LogP contribution in [0.5, 0.6) is 0 Å². The third-order valence-corrected chi connectivity index (χ3v) is 9.93. The molecule has 1 aliphatic heterocycles. The Balaban J connectivity index is 2.52. The zero-order valence-electron chi connectivity index (χ0n) is 31.3. The highest BCUT2D eigenvalue weighted by Gasteiger charge is 2.38. The van der Waals surface area contributed by atoms with Gasteiger partial charge in [-0.1, -0.05) is 79.1 Å². The minimum absolute atomic E-state index is 0.0279. The summed E-state index contributed by atoms with van der Waals surface area (Å²) in [6, 6.07) is -3.97. The summed E-state index contributed by atoms with van der Waals surface area (Å²) in [5.41, 5.74) is 5.99. The maximum atomic E-state index is 14.2. The first-order valence-corrected chi connectivity index (χ1v) is 19.0. The molecule has 1 heterocycles. The number of nitrogens with zero attached hydrogens (tertiary/aromatic N) is 1. The lowest BCUT2D eigenvalue weighted by molar-refractivity contribution is -0.147. The van der Waals surface area contributed by atoms with Crippen LogP contribution in [-0.4, -0.2) is 116 Å². The van der Waals surface area contributed by atoms with Crippen molar-refractivity contribution in [3.05, 3.63) is 0 Å². The average molecular weight is 710 g/mol. The second kappa shape index (κ2) is 23.6. The lowest BCUT2D eigenvalue weighted by atomic mass is 9.90. The highest BCUT2D eigenvalue weighted by atomic mass is 16.5. The predicted octanol–water partition coefficient (Wildman–Crippen LogP) is 0.946. The minimum Gasteiger partial charge on any atom is -0.395 e. The molecule has 0 aromatic carbocycles. The number of unbranched alkanes of at least 4 members (excludes halogenated alkanes) is 3. The topological polar surface area (TPSA) is 204 Å². The van der Waals surface area contributed by atoms with E-state index in [1.807, 2.05) is 20.8 Å². The number of aliphatic hydroxyl groups excluding tert-OH is 1. The van der Waals surface area contributed by atoms with Gasteiger partial charge in [-0.25, -0.2) is 0 Å². The van der Waals surface area contributed by atoms with Gasteiger partial charge in [-0.3, -0.25) is 24.0 Å². The van der Waals surface area contributed by atoms with Crippen LogP contribution in [0.15, 0.2) is 0 Å². The van der Waals surface area contributed by atoms with Crippen molar-refractivity contribution in [2.24, 2.45) is 23.5 Å². The molecule has 14 heteroatoms. The van der Waals surface area contributed by atoms with E-state index in [0.717, 1.165) is 64.2 Å². The van der Waals surface area contributed by atoms with Crippen LogP contribution >= 0.6 is 0 Å². The van der Waals surface area contributed by atoms with Crippen molar-refractivity contribution >= 4 is 29.5 Å². The van der Waals surface area contributed by atoms with Gasteiger partial charge in [0.2, 0.25) is 29.5 Å². The fourth-order valence-electron chi connectivity index (χ4n) is 6.87. The number of amides is 5. The van der Waals surface area contributed by atoms with Crippen LogP contribution in [0, 0.1) is 17.8 Å². The first kappa shape index (κ1) is 43.4. The van der Waals surface area contributed by atoms with Gasteiger partial charge in [0.25, 0.3) is 0 Å². The molecule has 2 fully saturated rings.